The van der Waals surface area contributed by atoms with Crippen LogP contribution in [-0.2, 0) is 9.59 Å². The number of hydrogen-bond donors (Lipinski definition) is 3. The van der Waals surface area contributed by atoms with Gasteiger partial charge in [-0.3, -0.25) is 14.4 Å². The van der Waals surface area contributed by atoms with Crippen molar-refractivity contribution in [2.75, 3.05) is 10.2 Å². The highest BCUT2D eigenvalue weighted by atomic mass is 32.2. The smallest absolute Gasteiger partial charge is 0.339 e. The number of imide groups is 1. The van der Waals surface area contributed by atoms with Crippen molar-refractivity contribution in [1.29, 1.82) is 0 Å². The first kappa shape index (κ1) is 19.4. The van der Waals surface area contributed by atoms with E-state index in [4.69, 9.17) is 5.11 Å². The number of rotatable bonds is 5. The highest BCUT2D eigenvalue weighted by molar-refractivity contribution is 8.15. The molecule has 0 aromatic heterocycles. The van der Waals surface area contributed by atoms with Crippen molar-refractivity contribution in [2.45, 2.75) is 18.6 Å². The molecule has 1 fully saturated rings. The van der Waals surface area contributed by atoms with E-state index < -0.39 is 34.0 Å². The van der Waals surface area contributed by atoms with Crippen LogP contribution in [0, 0.1) is 6.92 Å². The third-order valence-electron chi connectivity index (χ3n) is 4.10. The maximum absolute atomic E-state index is 12.6. The third kappa shape index (κ3) is 3.99. The first-order chi connectivity index (χ1) is 13.3. The molecule has 3 amide bonds. The van der Waals surface area contributed by atoms with Crippen LogP contribution in [0.3, 0.4) is 0 Å². The summed E-state index contributed by atoms with van der Waals surface area (Å²) in [5, 5.41) is 19.7. The second kappa shape index (κ2) is 7.73. The van der Waals surface area contributed by atoms with Crippen LogP contribution >= 0.6 is 11.8 Å². The molecule has 1 unspecified atom stereocenters. The number of benzene rings is 2. The number of carboxylic acids is 1. The average molecular weight is 400 g/mol. The fourth-order valence-corrected chi connectivity index (χ4v) is 3.67. The molecular formula is C19H16N2O6S. The molecule has 3 rings (SSSR count). The molecule has 9 heteroatoms. The zero-order chi connectivity index (χ0) is 20.4. The Labute approximate surface area is 164 Å². The molecule has 28 heavy (non-hydrogen) atoms. The predicted molar refractivity (Wildman–Crippen MR) is 104 cm³/mol. The van der Waals surface area contributed by atoms with Gasteiger partial charge in [-0.15, -0.1) is 0 Å². The Hall–Kier alpha value is -3.33. The summed E-state index contributed by atoms with van der Waals surface area (Å²) in [7, 11) is 0. The highest BCUT2D eigenvalue weighted by Gasteiger charge is 2.41. The van der Waals surface area contributed by atoms with Crippen LogP contribution < -0.4 is 10.2 Å². The number of nitrogens with zero attached hydrogens (tertiary/aromatic N) is 1. The molecule has 1 aliphatic rings. The van der Waals surface area contributed by atoms with Gasteiger partial charge in [0.1, 0.15) is 16.6 Å². The number of thioether (sulfide) groups is 1. The van der Waals surface area contributed by atoms with Crippen LogP contribution in [0.4, 0.5) is 16.2 Å². The summed E-state index contributed by atoms with van der Waals surface area (Å²) in [6, 6.07) is 10.5. The molecule has 1 aliphatic heterocycles. The molecule has 0 bridgehead atoms. The Kier molecular flexibility index (Phi) is 5.36. The average Bonchev–Trinajstić information content (AvgIpc) is 2.89. The van der Waals surface area contributed by atoms with E-state index in [9.17, 15) is 24.3 Å². The van der Waals surface area contributed by atoms with Gasteiger partial charge in [0.05, 0.1) is 5.69 Å². The zero-order valence-electron chi connectivity index (χ0n) is 14.7. The number of phenols is 1. The number of anilines is 2. The molecule has 1 saturated heterocycles. The van der Waals surface area contributed by atoms with Crippen molar-refractivity contribution in [3.63, 3.8) is 0 Å². The van der Waals surface area contributed by atoms with E-state index in [0.29, 0.717) is 5.69 Å². The summed E-state index contributed by atoms with van der Waals surface area (Å²) in [6.45, 7) is 1.89. The summed E-state index contributed by atoms with van der Waals surface area (Å²) in [4.78, 5) is 49.0. The molecule has 1 heterocycles. The number of hydrogen-bond acceptors (Lipinski definition) is 6. The van der Waals surface area contributed by atoms with Crippen LogP contribution in [-0.4, -0.2) is 38.5 Å². The lowest BCUT2D eigenvalue weighted by Gasteiger charge is -2.14. The summed E-state index contributed by atoms with van der Waals surface area (Å²) in [5.74, 6) is -2.79. The van der Waals surface area contributed by atoms with Crippen molar-refractivity contribution >= 4 is 46.2 Å². The number of aromatic carboxylic acids is 1. The van der Waals surface area contributed by atoms with E-state index in [-0.39, 0.29) is 17.7 Å². The number of carbonyl (C=O) groups excluding carboxylic acids is 3. The maximum Gasteiger partial charge on any atom is 0.339 e. The van der Waals surface area contributed by atoms with Gasteiger partial charge in [-0.1, -0.05) is 17.7 Å². The van der Waals surface area contributed by atoms with Gasteiger partial charge < -0.3 is 15.5 Å². The van der Waals surface area contributed by atoms with Crippen LogP contribution in [0.15, 0.2) is 42.5 Å². The van der Waals surface area contributed by atoms with Crippen LogP contribution in [0.1, 0.15) is 22.3 Å². The molecule has 0 saturated carbocycles. The maximum atomic E-state index is 12.6. The lowest BCUT2D eigenvalue weighted by molar-refractivity contribution is -0.121. The SMILES string of the molecule is Cc1ccc(N2C(=O)SC(CC(=O)Nc3ccc(C(=O)O)c(O)c3)C2=O)cc1. The van der Waals surface area contributed by atoms with Gasteiger partial charge in [0.2, 0.25) is 11.8 Å². The van der Waals surface area contributed by atoms with E-state index in [2.05, 4.69) is 5.32 Å². The molecule has 2 aromatic rings. The van der Waals surface area contributed by atoms with Gasteiger partial charge in [-0.05, 0) is 43.0 Å². The van der Waals surface area contributed by atoms with Gasteiger partial charge in [-0.2, -0.15) is 0 Å². The van der Waals surface area contributed by atoms with Crippen LogP contribution in [0.5, 0.6) is 5.75 Å². The molecule has 0 aliphatic carbocycles. The Morgan fingerprint density at radius 3 is 2.43 bits per heavy atom. The lowest BCUT2D eigenvalue weighted by atomic mass is 10.1. The van der Waals surface area contributed by atoms with Crippen molar-refractivity contribution in [1.82, 2.24) is 0 Å². The molecule has 0 radical (unpaired) electrons. The van der Waals surface area contributed by atoms with Crippen LogP contribution in [0.2, 0.25) is 0 Å². The normalized spacial score (nSPS) is 16.3. The number of aryl methyl sites for hydroxylation is 1. The van der Waals surface area contributed by atoms with Crippen molar-refractivity contribution in [3.05, 3.63) is 53.6 Å². The van der Waals surface area contributed by atoms with E-state index in [0.717, 1.165) is 34.4 Å². The van der Waals surface area contributed by atoms with Gasteiger partial charge in [-0.25, -0.2) is 9.69 Å². The molecule has 2 aromatic carbocycles. The van der Waals surface area contributed by atoms with E-state index >= 15 is 0 Å². The minimum absolute atomic E-state index is 0.185. The van der Waals surface area contributed by atoms with E-state index in [1.54, 1.807) is 24.3 Å². The first-order valence-electron chi connectivity index (χ1n) is 8.23. The number of amides is 3. The largest absolute Gasteiger partial charge is 0.507 e. The van der Waals surface area contributed by atoms with Crippen molar-refractivity contribution in [2.24, 2.45) is 0 Å². The molecule has 144 valence electrons. The fraction of sp³-hybridized carbons (Fsp3) is 0.158. The van der Waals surface area contributed by atoms with Crippen molar-refractivity contribution < 1.29 is 29.4 Å². The quantitative estimate of drug-likeness (QED) is 0.705. The van der Waals surface area contributed by atoms with Crippen LogP contribution in [0.25, 0.3) is 0 Å². The Balaban J connectivity index is 1.67. The number of carboxylic acid groups (broad SMARTS) is 1. The minimum Gasteiger partial charge on any atom is -0.507 e. The van der Waals surface area contributed by atoms with E-state index in [1.165, 1.54) is 6.07 Å². The Bertz CT molecular complexity index is 973. The van der Waals surface area contributed by atoms with Crippen molar-refractivity contribution in [3.8, 4) is 5.75 Å². The second-order valence-corrected chi connectivity index (χ2v) is 7.32. The lowest BCUT2D eigenvalue weighted by Crippen LogP contribution is -2.32. The van der Waals surface area contributed by atoms with Gasteiger partial charge in [0, 0.05) is 18.2 Å². The van der Waals surface area contributed by atoms with Gasteiger partial charge in [0.25, 0.3) is 5.24 Å². The standard InChI is InChI=1S/C19H16N2O6S/c1-10-2-5-12(6-3-10)21-17(24)15(28-19(21)27)9-16(23)20-11-4-7-13(18(25)26)14(22)8-11/h2-8,15,22H,9H2,1H3,(H,20,23)(H,25,26). The summed E-state index contributed by atoms with van der Waals surface area (Å²) in [6.07, 6.45) is -0.237. The topological polar surface area (TPSA) is 124 Å². The number of carbonyl (C=O) groups is 4. The number of aromatic hydroxyl groups is 1. The van der Waals surface area contributed by atoms with Gasteiger partial charge in [0.15, 0.2) is 0 Å². The first-order valence-corrected chi connectivity index (χ1v) is 9.11. The molecular weight excluding hydrogens is 384 g/mol. The summed E-state index contributed by atoms with van der Waals surface area (Å²) < 4.78 is 0. The summed E-state index contributed by atoms with van der Waals surface area (Å²) in [5.41, 5.74) is 1.33. The van der Waals surface area contributed by atoms with Gasteiger partial charge >= 0.3 is 5.97 Å². The Morgan fingerprint density at radius 1 is 1.14 bits per heavy atom. The zero-order valence-corrected chi connectivity index (χ0v) is 15.5. The highest BCUT2D eigenvalue weighted by Crippen LogP contribution is 2.33. The second-order valence-electron chi connectivity index (χ2n) is 6.17. The monoisotopic (exact) mass is 400 g/mol. The van der Waals surface area contributed by atoms with E-state index in [1.807, 2.05) is 6.92 Å². The Morgan fingerprint density at radius 2 is 1.82 bits per heavy atom. The fourth-order valence-electron chi connectivity index (χ4n) is 2.68. The molecule has 3 N–H and O–H groups in total. The minimum atomic E-state index is -1.29. The molecule has 8 nitrogen and oxygen atoms in total. The predicted octanol–water partition coefficient (Wildman–Crippen LogP) is 3.00. The molecule has 0 spiro atoms. The molecule has 1 atom stereocenters. The summed E-state index contributed by atoms with van der Waals surface area (Å²) >= 11 is 0.779. The number of nitrogens with one attached hydrogen (secondary N) is 1. The third-order valence-corrected chi connectivity index (χ3v) is 5.13.